The van der Waals surface area contributed by atoms with Crippen LogP contribution in [0.1, 0.15) is 40.8 Å². The Kier molecular flexibility index (Phi) is 10.1. The molecule has 0 bridgehead atoms. The summed E-state index contributed by atoms with van der Waals surface area (Å²) in [6.07, 6.45) is 2.11. The molecule has 4 aromatic rings. The zero-order chi connectivity index (χ0) is 32.1. The molecule has 1 aliphatic heterocycles. The summed E-state index contributed by atoms with van der Waals surface area (Å²) in [5.41, 5.74) is 2.75. The molecule has 45 heavy (non-hydrogen) atoms. The smallest absolute Gasteiger partial charge is 0.328 e. The molecule has 0 fully saturated rings. The van der Waals surface area contributed by atoms with Gasteiger partial charge in [-0.15, -0.1) is 0 Å². The first-order chi connectivity index (χ1) is 21.6. The molecule has 0 unspecified atom stereocenters. The Labute approximate surface area is 273 Å². The van der Waals surface area contributed by atoms with Crippen molar-refractivity contribution >= 4 is 45.1 Å². The molecule has 4 aromatic carbocycles. The summed E-state index contributed by atoms with van der Waals surface area (Å²) in [7, 11) is -2.97. The van der Waals surface area contributed by atoms with Gasteiger partial charge in [-0.25, -0.2) is 13.2 Å². The maximum atomic E-state index is 14.7. The molecule has 5 rings (SSSR count). The summed E-state index contributed by atoms with van der Waals surface area (Å²) >= 11 is 12.6. The summed E-state index contributed by atoms with van der Waals surface area (Å²) < 4.78 is 35.9. The van der Waals surface area contributed by atoms with E-state index in [2.05, 4.69) is 5.32 Å². The number of aryl methyl sites for hydroxylation is 1. The molecule has 0 spiro atoms. The number of methoxy groups -OCH3 is 1. The summed E-state index contributed by atoms with van der Waals surface area (Å²) in [6, 6.07) is 27.0. The molecule has 3 atom stereocenters. The number of nitrogens with zero attached hydrogens (tertiary/aromatic N) is 1. The fourth-order valence-electron chi connectivity index (χ4n) is 5.65. The third-order valence-corrected chi connectivity index (χ3v) is 10.3. The van der Waals surface area contributed by atoms with Gasteiger partial charge in [0.1, 0.15) is 6.04 Å². The van der Waals surface area contributed by atoms with Crippen LogP contribution >= 0.6 is 23.2 Å². The Bertz CT molecular complexity index is 1830. The molecular weight excluding hydrogens is 631 g/mol. The Morgan fingerprint density at radius 3 is 2.24 bits per heavy atom. The van der Waals surface area contributed by atoms with Crippen molar-refractivity contribution in [3.05, 3.63) is 147 Å². The number of sulfonamides is 1. The molecule has 0 radical (unpaired) electrons. The lowest BCUT2D eigenvalue weighted by Crippen LogP contribution is -2.48. The molecule has 232 valence electrons. The van der Waals surface area contributed by atoms with Crippen LogP contribution in [0, 0.1) is 6.92 Å². The average molecular weight is 664 g/mol. The number of carbonyl (C=O) groups is 2. The van der Waals surface area contributed by atoms with Gasteiger partial charge in [0.25, 0.3) is 0 Å². The van der Waals surface area contributed by atoms with Crippen LogP contribution in [0.2, 0.25) is 10.0 Å². The highest BCUT2D eigenvalue weighted by atomic mass is 35.5. The van der Waals surface area contributed by atoms with Crippen LogP contribution in [0.3, 0.4) is 0 Å². The molecule has 0 saturated carbocycles. The third kappa shape index (κ3) is 7.15. The van der Waals surface area contributed by atoms with Gasteiger partial charge in [-0.2, -0.15) is 4.31 Å². The van der Waals surface area contributed by atoms with Crippen LogP contribution in [-0.4, -0.2) is 37.8 Å². The molecular formula is C35H32Cl2N2O5S. The van der Waals surface area contributed by atoms with Gasteiger partial charge in [-0.3, -0.25) is 4.79 Å². The normalized spacial score (nSPS) is 17.6. The highest BCUT2D eigenvalue weighted by Gasteiger charge is 2.45. The number of hydrogen-bond donors (Lipinski definition) is 1. The molecule has 1 heterocycles. The van der Waals surface area contributed by atoms with Crippen LogP contribution in [0.4, 0.5) is 0 Å². The molecule has 0 saturated heterocycles. The second kappa shape index (κ2) is 14.0. The molecule has 1 N–H and O–H groups in total. The first-order valence-corrected chi connectivity index (χ1v) is 16.5. The van der Waals surface area contributed by atoms with Crippen molar-refractivity contribution in [1.29, 1.82) is 0 Å². The average Bonchev–Trinajstić information content (AvgIpc) is 3.04. The molecule has 10 heteroatoms. The summed E-state index contributed by atoms with van der Waals surface area (Å²) in [5, 5.41) is 3.72. The number of hydrogen-bond acceptors (Lipinski definition) is 5. The van der Waals surface area contributed by atoms with E-state index in [9.17, 15) is 18.0 Å². The molecule has 0 aromatic heterocycles. The molecule has 1 aliphatic rings. The second-order valence-corrected chi connectivity index (χ2v) is 13.4. The minimum Gasteiger partial charge on any atom is -0.467 e. The first kappa shape index (κ1) is 32.4. The number of ether oxygens (including phenoxy) is 1. The van der Waals surface area contributed by atoms with Crippen LogP contribution in [0.5, 0.6) is 0 Å². The van der Waals surface area contributed by atoms with E-state index in [1.165, 1.54) is 11.4 Å². The Morgan fingerprint density at radius 1 is 0.889 bits per heavy atom. The predicted octanol–water partition coefficient (Wildman–Crippen LogP) is 7.01. The largest absolute Gasteiger partial charge is 0.467 e. The van der Waals surface area contributed by atoms with Gasteiger partial charge in [-0.05, 0) is 65.9 Å². The number of carbonyl (C=O) groups excluding carboxylic acids is 2. The Balaban J connectivity index is 1.66. The van der Waals surface area contributed by atoms with Crippen molar-refractivity contribution < 1.29 is 22.7 Å². The number of esters is 1. The number of benzene rings is 4. The van der Waals surface area contributed by atoms with Crippen molar-refractivity contribution in [2.45, 2.75) is 42.8 Å². The van der Waals surface area contributed by atoms with Crippen LogP contribution in [0.25, 0.3) is 0 Å². The van der Waals surface area contributed by atoms with Gasteiger partial charge < -0.3 is 10.1 Å². The van der Waals surface area contributed by atoms with Gasteiger partial charge >= 0.3 is 5.97 Å². The number of halogens is 2. The molecule has 0 aliphatic carbocycles. The fourth-order valence-corrected chi connectivity index (χ4v) is 7.98. The fraction of sp³-hybridized carbons (Fsp3) is 0.200. The van der Waals surface area contributed by atoms with Crippen molar-refractivity contribution in [2.24, 2.45) is 0 Å². The SMILES string of the molecule is COC(=O)[C@H](Cc1ccccc1)NC(=O)C1=CC[C@@H](c2ccc(Cl)cc2)N(S(=O)(=O)c2ccccc2C)[C@H]1c1cccc(Cl)c1. The quantitative estimate of drug-likeness (QED) is 0.195. The van der Waals surface area contributed by atoms with E-state index in [0.717, 1.165) is 5.56 Å². The topological polar surface area (TPSA) is 92.8 Å². The van der Waals surface area contributed by atoms with Crippen LogP contribution < -0.4 is 5.32 Å². The third-order valence-electron chi connectivity index (χ3n) is 7.82. The van der Waals surface area contributed by atoms with E-state index >= 15 is 0 Å². The number of nitrogens with one attached hydrogen (secondary N) is 1. The zero-order valence-electron chi connectivity index (χ0n) is 24.7. The summed E-state index contributed by atoms with van der Waals surface area (Å²) in [4.78, 5) is 27.2. The van der Waals surface area contributed by atoms with E-state index < -0.39 is 40.0 Å². The van der Waals surface area contributed by atoms with E-state index in [0.29, 0.717) is 26.7 Å². The van der Waals surface area contributed by atoms with E-state index in [1.54, 1.807) is 85.8 Å². The number of rotatable bonds is 9. The molecule has 1 amide bonds. The van der Waals surface area contributed by atoms with Gasteiger partial charge in [0.2, 0.25) is 15.9 Å². The minimum atomic E-state index is -4.23. The Morgan fingerprint density at radius 2 is 1.58 bits per heavy atom. The lowest BCUT2D eigenvalue weighted by molar-refractivity contribution is -0.144. The number of amides is 1. The van der Waals surface area contributed by atoms with Gasteiger partial charge in [-0.1, -0.05) is 102 Å². The first-order valence-electron chi connectivity index (χ1n) is 14.3. The van der Waals surface area contributed by atoms with Gasteiger partial charge in [0.05, 0.1) is 24.1 Å². The van der Waals surface area contributed by atoms with Crippen molar-refractivity contribution in [3.8, 4) is 0 Å². The van der Waals surface area contributed by atoms with E-state index in [1.807, 2.05) is 30.3 Å². The maximum Gasteiger partial charge on any atom is 0.328 e. The highest BCUT2D eigenvalue weighted by Crippen LogP contribution is 2.46. The lowest BCUT2D eigenvalue weighted by atomic mass is 9.88. The van der Waals surface area contributed by atoms with Crippen molar-refractivity contribution in [3.63, 3.8) is 0 Å². The standard InChI is InChI=1S/C35H32Cl2N2O5S/c1-23-9-6-7-14-32(23)45(42,43)39-31(25-15-17-27(36)18-16-25)20-19-29(33(39)26-12-8-13-28(37)22-26)34(40)38-30(35(41)44-2)21-24-10-4-3-5-11-24/h3-19,22,30-31,33H,20-21H2,1-2H3,(H,38,40)/t30-,31-,33-/m0/s1. The van der Waals surface area contributed by atoms with Gasteiger partial charge in [0, 0.05) is 22.0 Å². The molecule has 7 nitrogen and oxygen atoms in total. The Hall–Kier alpha value is -3.95. The van der Waals surface area contributed by atoms with E-state index in [-0.39, 0.29) is 23.3 Å². The zero-order valence-corrected chi connectivity index (χ0v) is 27.0. The summed E-state index contributed by atoms with van der Waals surface area (Å²) in [6.45, 7) is 1.73. The van der Waals surface area contributed by atoms with Crippen LogP contribution in [-0.2, 0) is 30.8 Å². The highest BCUT2D eigenvalue weighted by molar-refractivity contribution is 7.89. The maximum absolute atomic E-state index is 14.7. The predicted molar refractivity (Wildman–Crippen MR) is 175 cm³/mol. The lowest BCUT2D eigenvalue weighted by Gasteiger charge is -2.41. The second-order valence-electron chi connectivity index (χ2n) is 10.8. The van der Waals surface area contributed by atoms with E-state index in [4.69, 9.17) is 27.9 Å². The monoisotopic (exact) mass is 662 g/mol. The van der Waals surface area contributed by atoms with Gasteiger partial charge in [0.15, 0.2) is 0 Å². The van der Waals surface area contributed by atoms with Crippen molar-refractivity contribution in [2.75, 3.05) is 7.11 Å². The minimum absolute atomic E-state index is 0.120. The summed E-state index contributed by atoms with van der Waals surface area (Å²) in [5.74, 6) is -1.21. The van der Waals surface area contributed by atoms with Crippen LogP contribution in [0.15, 0.2) is 120 Å². The van der Waals surface area contributed by atoms with Crippen molar-refractivity contribution in [1.82, 2.24) is 9.62 Å².